The summed E-state index contributed by atoms with van der Waals surface area (Å²) in [6.07, 6.45) is 0.950. The maximum Gasteiger partial charge on any atom is 0.280 e. The normalized spacial score (nSPS) is 37.2. The number of ether oxygens (including phenoxy) is 2. The van der Waals surface area contributed by atoms with Crippen LogP contribution in [0.5, 0.6) is 0 Å². The van der Waals surface area contributed by atoms with Crippen molar-refractivity contribution in [2.24, 2.45) is 5.92 Å². The van der Waals surface area contributed by atoms with Crippen molar-refractivity contribution < 1.29 is 14.6 Å². The van der Waals surface area contributed by atoms with Crippen LogP contribution in [-0.2, 0) is 9.47 Å². The molecule has 9 heteroatoms. The number of aliphatic hydroxyl groups is 1. The summed E-state index contributed by atoms with van der Waals surface area (Å²) in [4.78, 5) is 22.5. The Labute approximate surface area is 125 Å². The molecule has 2 aliphatic rings. The maximum atomic E-state index is 11.9. The van der Waals surface area contributed by atoms with Gasteiger partial charge in [-0.2, -0.15) is 4.98 Å². The van der Waals surface area contributed by atoms with Crippen LogP contribution in [0.2, 0.25) is 0 Å². The number of anilines is 1. The zero-order valence-corrected chi connectivity index (χ0v) is 12.2. The molecule has 4 heterocycles. The Morgan fingerprint density at radius 3 is 3.09 bits per heavy atom. The smallest absolute Gasteiger partial charge is 0.280 e. The van der Waals surface area contributed by atoms with Gasteiger partial charge in [-0.3, -0.25) is 14.3 Å². The van der Waals surface area contributed by atoms with E-state index in [2.05, 4.69) is 15.0 Å². The van der Waals surface area contributed by atoms with E-state index in [1.54, 1.807) is 4.57 Å². The molecular weight excluding hydrogens is 290 g/mol. The highest BCUT2D eigenvalue weighted by Crippen LogP contribution is 2.56. The molecule has 2 aromatic heterocycles. The largest absolute Gasteiger partial charge is 0.393 e. The fourth-order valence-electron chi connectivity index (χ4n) is 3.48. The van der Waals surface area contributed by atoms with Gasteiger partial charge in [0, 0.05) is 5.92 Å². The molecule has 2 saturated heterocycles. The summed E-state index contributed by atoms with van der Waals surface area (Å²) in [5.74, 6) is -0.00908. The number of nitrogens with zero attached hydrogens (tertiary/aromatic N) is 3. The van der Waals surface area contributed by atoms with E-state index in [9.17, 15) is 9.90 Å². The number of rotatable bonds is 2. The van der Waals surface area contributed by atoms with E-state index in [0.717, 1.165) is 0 Å². The third-order valence-corrected chi connectivity index (χ3v) is 5.08. The molecule has 0 amide bonds. The Kier molecular flexibility index (Phi) is 2.52. The molecule has 2 fully saturated rings. The Balaban J connectivity index is 1.89. The van der Waals surface area contributed by atoms with Gasteiger partial charge >= 0.3 is 0 Å². The lowest BCUT2D eigenvalue weighted by Crippen LogP contribution is -2.41. The standard InChI is InChI=1S/C13H17N5O4/c1-6-12(2)10(22-13(6,3-19)4-21-12)18-5-15-7-8(18)16-11(14)17-9(7)20/h5-6,10,19H,3-4H2,1-2H3,(H3,14,16,17,20)/t6-,10+,12-,13-/m0/s1. The quantitative estimate of drug-likeness (QED) is 0.675. The second-order valence-corrected chi connectivity index (χ2v) is 6.16. The number of nitrogens with one attached hydrogen (secondary N) is 1. The molecule has 0 aromatic carbocycles. The number of aromatic amines is 1. The molecule has 4 rings (SSSR count). The minimum atomic E-state index is -0.747. The summed E-state index contributed by atoms with van der Waals surface area (Å²) in [5.41, 5.74) is 4.35. The molecule has 22 heavy (non-hydrogen) atoms. The topological polar surface area (TPSA) is 128 Å². The van der Waals surface area contributed by atoms with Crippen LogP contribution in [0.25, 0.3) is 11.2 Å². The summed E-state index contributed by atoms with van der Waals surface area (Å²) < 4.78 is 13.7. The Morgan fingerprint density at radius 2 is 2.41 bits per heavy atom. The number of aromatic nitrogens is 4. The Bertz CT molecular complexity index is 816. The molecule has 0 spiro atoms. The molecule has 4 atom stereocenters. The van der Waals surface area contributed by atoms with Gasteiger partial charge in [0.25, 0.3) is 5.56 Å². The van der Waals surface area contributed by atoms with Gasteiger partial charge in [-0.15, -0.1) is 0 Å². The summed E-state index contributed by atoms with van der Waals surface area (Å²) in [7, 11) is 0. The van der Waals surface area contributed by atoms with Crippen LogP contribution >= 0.6 is 0 Å². The zero-order chi connectivity index (χ0) is 15.7. The first-order chi connectivity index (χ1) is 10.4. The van der Waals surface area contributed by atoms with Crippen molar-refractivity contribution in [1.29, 1.82) is 0 Å². The second-order valence-electron chi connectivity index (χ2n) is 6.16. The highest BCUT2D eigenvalue weighted by Gasteiger charge is 2.66. The van der Waals surface area contributed by atoms with Crippen molar-refractivity contribution in [2.45, 2.75) is 31.3 Å². The van der Waals surface area contributed by atoms with E-state index in [4.69, 9.17) is 15.2 Å². The molecule has 118 valence electrons. The van der Waals surface area contributed by atoms with Crippen LogP contribution < -0.4 is 11.3 Å². The van der Waals surface area contributed by atoms with Crippen LogP contribution in [0.1, 0.15) is 20.1 Å². The highest BCUT2D eigenvalue weighted by molar-refractivity contribution is 5.70. The highest BCUT2D eigenvalue weighted by atomic mass is 16.6. The minimum Gasteiger partial charge on any atom is -0.393 e. The average Bonchev–Trinajstić information content (AvgIpc) is 3.07. The van der Waals surface area contributed by atoms with Crippen molar-refractivity contribution in [2.75, 3.05) is 18.9 Å². The van der Waals surface area contributed by atoms with Crippen molar-refractivity contribution in [3.8, 4) is 0 Å². The van der Waals surface area contributed by atoms with Gasteiger partial charge in [0.2, 0.25) is 5.95 Å². The average molecular weight is 307 g/mol. The van der Waals surface area contributed by atoms with Gasteiger partial charge in [-0.05, 0) is 6.92 Å². The van der Waals surface area contributed by atoms with E-state index in [0.29, 0.717) is 12.3 Å². The molecular formula is C13H17N5O4. The lowest BCUT2D eigenvalue weighted by Gasteiger charge is -2.34. The second kappa shape index (κ2) is 4.06. The lowest BCUT2D eigenvalue weighted by molar-refractivity contribution is -0.211. The van der Waals surface area contributed by atoms with Crippen molar-refractivity contribution in [1.82, 2.24) is 19.5 Å². The monoisotopic (exact) mass is 307 g/mol. The van der Waals surface area contributed by atoms with Gasteiger partial charge in [0.1, 0.15) is 11.2 Å². The number of fused-ring (bicyclic) bond motifs is 3. The fourth-order valence-corrected chi connectivity index (χ4v) is 3.48. The predicted octanol–water partition coefficient (Wildman–Crippen LogP) is -0.613. The lowest BCUT2D eigenvalue weighted by atomic mass is 9.83. The first-order valence-corrected chi connectivity index (χ1v) is 7.06. The van der Waals surface area contributed by atoms with Crippen LogP contribution in [0.15, 0.2) is 11.1 Å². The van der Waals surface area contributed by atoms with E-state index < -0.39 is 23.0 Å². The van der Waals surface area contributed by atoms with Crippen LogP contribution in [0, 0.1) is 5.92 Å². The van der Waals surface area contributed by atoms with Gasteiger partial charge in [-0.1, -0.05) is 6.92 Å². The number of hydrogen-bond donors (Lipinski definition) is 3. The predicted molar refractivity (Wildman–Crippen MR) is 76.0 cm³/mol. The zero-order valence-electron chi connectivity index (χ0n) is 12.2. The van der Waals surface area contributed by atoms with E-state index in [-0.39, 0.29) is 24.0 Å². The molecule has 4 N–H and O–H groups in total. The fraction of sp³-hybridized carbons (Fsp3) is 0.615. The number of nitrogens with two attached hydrogens (primary N) is 1. The SMILES string of the molecule is C[C@@H]1[C@]2(CO)CO[C@]1(C)[C@H](n1cnc3c(=O)[nH]c(N)nc31)O2. The first kappa shape index (κ1) is 13.7. The van der Waals surface area contributed by atoms with Gasteiger partial charge < -0.3 is 20.3 Å². The maximum absolute atomic E-state index is 11.9. The number of imidazole rings is 1. The van der Waals surface area contributed by atoms with Crippen molar-refractivity contribution in [3.05, 3.63) is 16.7 Å². The minimum absolute atomic E-state index is 0.0124. The number of hydrogen-bond acceptors (Lipinski definition) is 7. The molecule has 2 aliphatic heterocycles. The van der Waals surface area contributed by atoms with E-state index >= 15 is 0 Å². The van der Waals surface area contributed by atoms with Gasteiger partial charge in [-0.25, -0.2) is 4.98 Å². The Morgan fingerprint density at radius 1 is 1.64 bits per heavy atom. The van der Waals surface area contributed by atoms with Crippen molar-refractivity contribution in [3.63, 3.8) is 0 Å². The number of H-pyrrole nitrogens is 1. The number of nitrogen functional groups attached to an aromatic ring is 1. The molecule has 0 saturated carbocycles. The summed E-state index contributed by atoms with van der Waals surface area (Å²) in [6.45, 7) is 4.11. The third-order valence-electron chi connectivity index (χ3n) is 5.08. The van der Waals surface area contributed by atoms with Crippen LogP contribution in [-0.4, -0.2) is 49.0 Å². The molecule has 9 nitrogen and oxygen atoms in total. The molecule has 0 aliphatic carbocycles. The first-order valence-electron chi connectivity index (χ1n) is 7.06. The molecule has 2 aromatic rings. The summed E-state index contributed by atoms with van der Waals surface area (Å²) in [6, 6.07) is 0. The van der Waals surface area contributed by atoms with E-state index in [1.807, 2.05) is 13.8 Å². The molecule has 0 unspecified atom stereocenters. The molecule has 2 bridgehead atoms. The summed E-state index contributed by atoms with van der Waals surface area (Å²) >= 11 is 0. The van der Waals surface area contributed by atoms with Crippen molar-refractivity contribution >= 4 is 17.1 Å². The van der Waals surface area contributed by atoms with Gasteiger partial charge in [0.05, 0.1) is 19.5 Å². The van der Waals surface area contributed by atoms with E-state index in [1.165, 1.54) is 6.33 Å². The van der Waals surface area contributed by atoms with Gasteiger partial charge in [0.15, 0.2) is 17.4 Å². The Hall–Kier alpha value is -1.97. The van der Waals surface area contributed by atoms with Crippen LogP contribution in [0.3, 0.4) is 0 Å². The molecule has 0 radical (unpaired) electrons. The third kappa shape index (κ3) is 1.45. The van der Waals surface area contributed by atoms with Crippen LogP contribution in [0.4, 0.5) is 5.95 Å². The number of aliphatic hydroxyl groups excluding tert-OH is 1. The summed E-state index contributed by atoms with van der Waals surface area (Å²) in [5, 5.41) is 9.72.